The molecular formula is C24H22ClN5O2. The van der Waals surface area contributed by atoms with Gasteiger partial charge in [0.05, 0.1) is 23.7 Å². The van der Waals surface area contributed by atoms with Crippen LogP contribution in [0.3, 0.4) is 0 Å². The van der Waals surface area contributed by atoms with Crippen molar-refractivity contribution in [3.63, 3.8) is 0 Å². The van der Waals surface area contributed by atoms with E-state index in [0.29, 0.717) is 23.8 Å². The highest BCUT2D eigenvalue weighted by Gasteiger charge is 2.20. The largest absolute Gasteiger partial charge is 0.489 e. The van der Waals surface area contributed by atoms with Gasteiger partial charge in [-0.1, -0.05) is 41.9 Å². The number of hydrogen-bond acceptors (Lipinski definition) is 6. The van der Waals surface area contributed by atoms with Gasteiger partial charge in [-0.3, -0.25) is 4.79 Å². The Labute approximate surface area is 191 Å². The van der Waals surface area contributed by atoms with E-state index in [1.807, 2.05) is 48.5 Å². The Morgan fingerprint density at radius 3 is 2.66 bits per heavy atom. The molecule has 162 valence electrons. The van der Waals surface area contributed by atoms with Gasteiger partial charge < -0.3 is 15.0 Å². The fraction of sp³-hybridized carbons (Fsp3) is 0.250. The van der Waals surface area contributed by atoms with Crippen LogP contribution in [-0.4, -0.2) is 29.0 Å². The molecule has 32 heavy (non-hydrogen) atoms. The van der Waals surface area contributed by atoms with Crippen molar-refractivity contribution >= 4 is 29.1 Å². The summed E-state index contributed by atoms with van der Waals surface area (Å²) in [5.41, 5.74) is 2.51. The van der Waals surface area contributed by atoms with E-state index >= 15 is 0 Å². The molecule has 1 fully saturated rings. The zero-order valence-corrected chi connectivity index (χ0v) is 18.2. The van der Waals surface area contributed by atoms with Crippen LogP contribution in [0.2, 0.25) is 5.02 Å². The van der Waals surface area contributed by atoms with Crippen LogP contribution < -0.4 is 15.0 Å². The van der Waals surface area contributed by atoms with Crippen LogP contribution in [0.4, 0.5) is 11.6 Å². The molecule has 1 aromatic heterocycles. The molecule has 0 saturated carbocycles. The lowest BCUT2D eigenvalue weighted by molar-refractivity contribution is 0.102. The number of hydrogen-bond donors (Lipinski definition) is 1. The zero-order valence-electron chi connectivity index (χ0n) is 17.4. The van der Waals surface area contributed by atoms with Gasteiger partial charge in [-0.05, 0) is 36.6 Å². The summed E-state index contributed by atoms with van der Waals surface area (Å²) in [6, 6.07) is 16.9. The van der Waals surface area contributed by atoms with E-state index in [-0.39, 0.29) is 17.3 Å². The highest BCUT2D eigenvalue weighted by molar-refractivity contribution is 6.34. The number of anilines is 2. The first-order chi connectivity index (χ1) is 15.6. The molecule has 1 N–H and O–H groups in total. The molecule has 2 aromatic carbocycles. The first kappa shape index (κ1) is 21.6. The second-order valence-corrected chi connectivity index (χ2v) is 7.85. The fourth-order valence-corrected chi connectivity index (χ4v) is 3.67. The minimum Gasteiger partial charge on any atom is -0.489 e. The summed E-state index contributed by atoms with van der Waals surface area (Å²) in [5.74, 6) is 0.807. The Balaban J connectivity index is 1.46. The summed E-state index contributed by atoms with van der Waals surface area (Å²) in [4.78, 5) is 23.7. The summed E-state index contributed by atoms with van der Waals surface area (Å²) in [6.45, 7) is 2.02. The Morgan fingerprint density at radius 2 is 1.91 bits per heavy atom. The lowest BCUT2D eigenvalue weighted by Crippen LogP contribution is -2.23. The summed E-state index contributed by atoms with van der Waals surface area (Å²) in [7, 11) is 0. The molecule has 8 heteroatoms. The average molecular weight is 448 g/mol. The van der Waals surface area contributed by atoms with Crippen LogP contribution in [-0.2, 0) is 13.0 Å². The average Bonchev–Trinajstić information content (AvgIpc) is 3.35. The van der Waals surface area contributed by atoms with Gasteiger partial charge in [0.15, 0.2) is 5.69 Å². The molecule has 3 aromatic rings. The van der Waals surface area contributed by atoms with Crippen molar-refractivity contribution in [2.24, 2.45) is 0 Å². The van der Waals surface area contributed by atoms with Crippen LogP contribution in [0.15, 0.2) is 54.7 Å². The van der Waals surface area contributed by atoms with Crippen molar-refractivity contribution in [1.29, 1.82) is 5.26 Å². The number of nitriles is 1. The lowest BCUT2D eigenvalue weighted by Gasteiger charge is -2.16. The monoisotopic (exact) mass is 447 g/mol. The van der Waals surface area contributed by atoms with Gasteiger partial charge in [-0.25, -0.2) is 9.97 Å². The maximum Gasteiger partial charge on any atom is 0.276 e. The Morgan fingerprint density at radius 1 is 1.16 bits per heavy atom. The summed E-state index contributed by atoms with van der Waals surface area (Å²) in [6.07, 6.45) is 4.01. The smallest absolute Gasteiger partial charge is 0.276 e. The normalized spacial score (nSPS) is 12.9. The number of nitrogens with one attached hydrogen (secondary N) is 1. The number of para-hydroxylation sites is 1. The topological polar surface area (TPSA) is 91.1 Å². The molecule has 7 nitrogen and oxygen atoms in total. The first-order valence-corrected chi connectivity index (χ1v) is 10.8. The Kier molecular flexibility index (Phi) is 6.83. The number of amides is 1. The third-order valence-electron chi connectivity index (χ3n) is 5.20. The van der Waals surface area contributed by atoms with Crippen LogP contribution in [0, 0.1) is 11.3 Å². The van der Waals surface area contributed by atoms with Crippen LogP contribution in [0.25, 0.3) is 0 Å². The van der Waals surface area contributed by atoms with Crippen molar-refractivity contribution in [1.82, 2.24) is 9.97 Å². The van der Waals surface area contributed by atoms with Crippen molar-refractivity contribution in [2.45, 2.75) is 25.9 Å². The lowest BCUT2D eigenvalue weighted by atomic mass is 10.1. The number of carbonyl (C=O) groups is 1. The summed E-state index contributed by atoms with van der Waals surface area (Å²) >= 11 is 6.23. The first-order valence-electron chi connectivity index (χ1n) is 10.4. The Hall–Kier alpha value is -3.63. The number of nitrogens with zero attached hydrogens (tertiary/aromatic N) is 4. The molecule has 0 spiro atoms. The highest BCUT2D eigenvalue weighted by atomic mass is 35.5. The molecule has 0 atom stereocenters. The highest BCUT2D eigenvalue weighted by Crippen LogP contribution is 2.23. The van der Waals surface area contributed by atoms with Crippen molar-refractivity contribution in [3.8, 4) is 11.8 Å². The minimum absolute atomic E-state index is 0.146. The van der Waals surface area contributed by atoms with E-state index in [2.05, 4.69) is 26.3 Å². The second-order valence-electron chi connectivity index (χ2n) is 7.44. The van der Waals surface area contributed by atoms with Crippen LogP contribution in [0.5, 0.6) is 5.75 Å². The van der Waals surface area contributed by atoms with Crippen LogP contribution >= 0.6 is 11.6 Å². The van der Waals surface area contributed by atoms with Gasteiger partial charge >= 0.3 is 0 Å². The van der Waals surface area contributed by atoms with E-state index in [1.54, 1.807) is 0 Å². The molecule has 1 aliphatic heterocycles. The molecule has 2 heterocycles. The molecule has 1 amide bonds. The summed E-state index contributed by atoms with van der Waals surface area (Å²) in [5, 5.41) is 11.9. The molecule has 0 aliphatic carbocycles. The Bertz CT molecular complexity index is 1140. The van der Waals surface area contributed by atoms with Gasteiger partial charge in [-0.2, -0.15) is 5.26 Å². The third kappa shape index (κ3) is 5.16. The van der Waals surface area contributed by atoms with E-state index < -0.39 is 5.91 Å². The standard InChI is InChI=1S/C24H22ClN5O2/c25-20-15-27-24(30-13-3-4-14-30)29-22(20)23(31)28-21-6-2-1-5-18(21)16-32-19-9-7-17(8-10-19)11-12-26/h1-2,5-10,15H,3-4,11,13-14,16H2,(H,28,31). The maximum absolute atomic E-state index is 13.0. The molecule has 1 saturated heterocycles. The molecule has 0 bridgehead atoms. The quantitative estimate of drug-likeness (QED) is 0.567. The van der Waals surface area contributed by atoms with Gasteiger partial charge in [0.1, 0.15) is 12.4 Å². The number of ether oxygens (including phenoxy) is 1. The van der Waals surface area contributed by atoms with E-state index in [4.69, 9.17) is 21.6 Å². The predicted octanol–water partition coefficient (Wildman–Crippen LogP) is 4.63. The molecule has 0 radical (unpaired) electrons. The molecule has 1 aliphatic rings. The number of aromatic nitrogens is 2. The molecule has 4 rings (SSSR count). The van der Waals surface area contributed by atoms with Crippen molar-refractivity contribution in [3.05, 3.63) is 76.6 Å². The van der Waals surface area contributed by atoms with E-state index in [9.17, 15) is 4.79 Å². The number of rotatable bonds is 7. The number of halogens is 1. The van der Waals surface area contributed by atoms with Crippen LogP contribution in [0.1, 0.15) is 34.5 Å². The molecule has 0 unspecified atom stereocenters. The van der Waals surface area contributed by atoms with Gasteiger partial charge in [0.2, 0.25) is 5.95 Å². The SMILES string of the molecule is N#CCc1ccc(OCc2ccccc2NC(=O)c2nc(N3CCCC3)ncc2Cl)cc1. The van der Waals surface area contributed by atoms with Gasteiger partial charge in [-0.15, -0.1) is 0 Å². The van der Waals surface area contributed by atoms with Crippen molar-refractivity contribution in [2.75, 3.05) is 23.3 Å². The predicted molar refractivity (Wildman–Crippen MR) is 123 cm³/mol. The second kappa shape index (κ2) is 10.1. The van der Waals surface area contributed by atoms with Gasteiger partial charge in [0, 0.05) is 24.3 Å². The summed E-state index contributed by atoms with van der Waals surface area (Å²) < 4.78 is 5.87. The minimum atomic E-state index is -0.397. The maximum atomic E-state index is 13.0. The van der Waals surface area contributed by atoms with E-state index in [0.717, 1.165) is 37.1 Å². The molecular weight excluding hydrogens is 426 g/mol. The van der Waals surface area contributed by atoms with Crippen molar-refractivity contribution < 1.29 is 9.53 Å². The fourth-order valence-electron chi connectivity index (χ4n) is 3.49. The number of carbonyl (C=O) groups excluding carboxylic acids is 1. The van der Waals surface area contributed by atoms with E-state index in [1.165, 1.54) is 6.20 Å². The van der Waals surface area contributed by atoms with Gasteiger partial charge in [0.25, 0.3) is 5.91 Å². The number of benzene rings is 2. The zero-order chi connectivity index (χ0) is 22.3. The third-order valence-corrected chi connectivity index (χ3v) is 5.48.